The van der Waals surface area contributed by atoms with Gasteiger partial charge < -0.3 is 14.4 Å². The Balaban J connectivity index is 1.37. The van der Waals surface area contributed by atoms with Crippen molar-refractivity contribution in [2.75, 3.05) is 32.8 Å². The van der Waals surface area contributed by atoms with Crippen LogP contribution in [0.1, 0.15) is 60.2 Å². The molecule has 0 aliphatic carbocycles. The maximum atomic E-state index is 13.9. The van der Waals surface area contributed by atoms with Gasteiger partial charge in [-0.05, 0) is 78.9 Å². The lowest BCUT2D eigenvalue weighted by molar-refractivity contribution is -0.135. The quantitative estimate of drug-likeness (QED) is 0.313. The van der Waals surface area contributed by atoms with Gasteiger partial charge in [-0.25, -0.2) is 8.42 Å². The van der Waals surface area contributed by atoms with Crippen molar-refractivity contribution in [1.29, 1.82) is 0 Å². The van der Waals surface area contributed by atoms with Crippen LogP contribution in [0.15, 0.2) is 64.9 Å². The fourth-order valence-electron chi connectivity index (χ4n) is 5.36. The van der Waals surface area contributed by atoms with E-state index in [4.69, 9.17) is 9.47 Å². The highest BCUT2D eigenvalue weighted by Crippen LogP contribution is 2.34. The first kappa shape index (κ1) is 28.8. The first-order chi connectivity index (χ1) is 19.2. The van der Waals surface area contributed by atoms with E-state index in [2.05, 4.69) is 37.4 Å². The lowest BCUT2D eigenvalue weighted by atomic mass is 10.0. The standard InChI is InChI=1S/C31H38N2O5S2/c1-22(2)24-8-10-25(11-9-24)38-21-29-28-15-18-39-30(28)14-16-33(29)31(34)20-32(19-26-5-4-17-37-26)40(35,36)27-12-6-23(3)7-13-27/h6-13,15,18,22,26,29H,4-5,14,16-17,19-21H2,1-3H3/t26-,29-/m0/s1. The van der Waals surface area contributed by atoms with Gasteiger partial charge in [0.25, 0.3) is 0 Å². The molecule has 0 bridgehead atoms. The Morgan fingerprint density at radius 3 is 2.55 bits per heavy atom. The number of aryl methyl sites for hydroxylation is 1. The van der Waals surface area contributed by atoms with Gasteiger partial charge in [-0.1, -0.05) is 43.7 Å². The topological polar surface area (TPSA) is 76.2 Å². The van der Waals surface area contributed by atoms with Crippen molar-refractivity contribution < 1.29 is 22.7 Å². The van der Waals surface area contributed by atoms with E-state index in [0.717, 1.165) is 36.1 Å². The van der Waals surface area contributed by atoms with Crippen LogP contribution in [0.2, 0.25) is 0 Å². The molecular weight excluding hydrogens is 544 g/mol. The maximum absolute atomic E-state index is 13.9. The van der Waals surface area contributed by atoms with Gasteiger partial charge in [0.15, 0.2) is 0 Å². The van der Waals surface area contributed by atoms with Crippen molar-refractivity contribution in [1.82, 2.24) is 9.21 Å². The van der Waals surface area contributed by atoms with Gasteiger partial charge in [0.2, 0.25) is 15.9 Å². The largest absolute Gasteiger partial charge is 0.491 e. The van der Waals surface area contributed by atoms with Crippen LogP contribution >= 0.6 is 11.3 Å². The maximum Gasteiger partial charge on any atom is 0.243 e. The molecule has 214 valence electrons. The lowest BCUT2D eigenvalue weighted by Gasteiger charge is -2.37. The summed E-state index contributed by atoms with van der Waals surface area (Å²) in [4.78, 5) is 17.1. The molecule has 1 fully saturated rings. The molecule has 2 aliphatic rings. The number of carbonyl (C=O) groups is 1. The third-order valence-corrected chi connectivity index (χ3v) is 10.6. The summed E-state index contributed by atoms with van der Waals surface area (Å²) in [5, 5.41) is 2.05. The SMILES string of the molecule is Cc1ccc(S(=O)(=O)N(CC(=O)N2CCc3sccc3[C@@H]2COc2ccc(C(C)C)cc2)C[C@@H]2CCCO2)cc1. The molecule has 2 aromatic carbocycles. The van der Waals surface area contributed by atoms with Crippen LogP contribution in [0.4, 0.5) is 0 Å². The molecule has 3 heterocycles. The van der Waals surface area contributed by atoms with Crippen LogP contribution in [0.25, 0.3) is 0 Å². The number of carbonyl (C=O) groups excluding carboxylic acids is 1. The van der Waals surface area contributed by atoms with E-state index in [1.54, 1.807) is 40.5 Å². The minimum Gasteiger partial charge on any atom is -0.491 e. The molecule has 3 aromatic rings. The molecule has 2 aliphatic heterocycles. The summed E-state index contributed by atoms with van der Waals surface area (Å²) in [6, 6.07) is 16.6. The van der Waals surface area contributed by atoms with E-state index in [1.807, 2.05) is 19.1 Å². The Labute approximate surface area is 241 Å². The van der Waals surface area contributed by atoms with Gasteiger partial charge in [-0.2, -0.15) is 4.31 Å². The Morgan fingerprint density at radius 1 is 1.12 bits per heavy atom. The van der Waals surface area contributed by atoms with E-state index >= 15 is 0 Å². The van der Waals surface area contributed by atoms with Crippen molar-refractivity contribution in [3.05, 3.63) is 81.5 Å². The normalized spacial score (nSPS) is 19.3. The van der Waals surface area contributed by atoms with Crippen LogP contribution in [0.5, 0.6) is 5.75 Å². The number of hydrogen-bond donors (Lipinski definition) is 0. The monoisotopic (exact) mass is 582 g/mol. The van der Waals surface area contributed by atoms with Crippen molar-refractivity contribution in [2.45, 2.75) is 63.0 Å². The Bertz CT molecular complexity index is 1390. The van der Waals surface area contributed by atoms with Gasteiger partial charge in [0.05, 0.1) is 23.6 Å². The van der Waals surface area contributed by atoms with Crippen LogP contribution in [-0.2, 0) is 26.0 Å². The molecule has 0 saturated carbocycles. The van der Waals surface area contributed by atoms with E-state index < -0.39 is 10.0 Å². The third kappa shape index (κ3) is 6.43. The fraction of sp³-hybridized carbons (Fsp3) is 0.452. The van der Waals surface area contributed by atoms with E-state index in [0.29, 0.717) is 25.7 Å². The number of ether oxygens (including phenoxy) is 2. The van der Waals surface area contributed by atoms with Gasteiger partial charge in [-0.3, -0.25) is 4.79 Å². The van der Waals surface area contributed by atoms with E-state index in [-0.39, 0.29) is 36.0 Å². The average molecular weight is 583 g/mol. The minimum absolute atomic E-state index is 0.156. The molecule has 40 heavy (non-hydrogen) atoms. The second-order valence-corrected chi connectivity index (χ2v) is 13.9. The summed E-state index contributed by atoms with van der Waals surface area (Å²) < 4.78 is 40.8. The second-order valence-electron chi connectivity index (χ2n) is 10.9. The molecule has 2 atom stereocenters. The number of fused-ring (bicyclic) bond motifs is 1. The molecule has 0 N–H and O–H groups in total. The molecule has 0 unspecified atom stereocenters. The highest BCUT2D eigenvalue weighted by molar-refractivity contribution is 7.89. The zero-order valence-corrected chi connectivity index (χ0v) is 25.0. The predicted octanol–water partition coefficient (Wildman–Crippen LogP) is 5.55. The number of thiophene rings is 1. The molecule has 9 heteroatoms. The molecular formula is C31H38N2O5S2. The highest BCUT2D eigenvalue weighted by Gasteiger charge is 2.36. The zero-order chi connectivity index (χ0) is 28.3. The van der Waals surface area contributed by atoms with Crippen molar-refractivity contribution >= 4 is 27.3 Å². The summed E-state index contributed by atoms with van der Waals surface area (Å²) in [6.07, 6.45) is 2.20. The van der Waals surface area contributed by atoms with Crippen molar-refractivity contribution in [3.8, 4) is 5.75 Å². The van der Waals surface area contributed by atoms with Gasteiger partial charge in [-0.15, -0.1) is 11.3 Å². The first-order valence-corrected chi connectivity index (χ1v) is 16.3. The van der Waals surface area contributed by atoms with Gasteiger partial charge in [0.1, 0.15) is 12.4 Å². The van der Waals surface area contributed by atoms with Crippen LogP contribution in [0.3, 0.4) is 0 Å². The summed E-state index contributed by atoms with van der Waals surface area (Å²) in [7, 11) is -3.90. The van der Waals surface area contributed by atoms with E-state index in [9.17, 15) is 13.2 Å². The first-order valence-electron chi connectivity index (χ1n) is 14.0. The van der Waals surface area contributed by atoms with Crippen LogP contribution in [-0.4, -0.2) is 62.5 Å². The minimum atomic E-state index is -3.90. The third-order valence-electron chi connectivity index (χ3n) is 7.77. The zero-order valence-electron chi connectivity index (χ0n) is 23.4. The van der Waals surface area contributed by atoms with Gasteiger partial charge >= 0.3 is 0 Å². The lowest BCUT2D eigenvalue weighted by Crippen LogP contribution is -2.49. The molecule has 0 spiro atoms. The predicted molar refractivity (Wildman–Crippen MR) is 157 cm³/mol. The summed E-state index contributed by atoms with van der Waals surface area (Å²) >= 11 is 1.69. The summed E-state index contributed by atoms with van der Waals surface area (Å²) in [5.41, 5.74) is 3.29. The number of sulfonamides is 1. The number of rotatable bonds is 10. The highest BCUT2D eigenvalue weighted by atomic mass is 32.2. The molecule has 1 amide bonds. The Hall–Kier alpha value is -2.72. The molecule has 5 rings (SSSR count). The fourth-order valence-corrected chi connectivity index (χ4v) is 7.71. The summed E-state index contributed by atoms with van der Waals surface area (Å²) in [5.74, 6) is 0.957. The Morgan fingerprint density at radius 2 is 1.88 bits per heavy atom. The van der Waals surface area contributed by atoms with Crippen LogP contribution in [0, 0.1) is 6.92 Å². The number of benzene rings is 2. The van der Waals surface area contributed by atoms with Gasteiger partial charge in [0, 0.05) is 24.6 Å². The second kappa shape index (κ2) is 12.4. The number of nitrogens with zero attached hydrogens (tertiary/aromatic N) is 2. The smallest absolute Gasteiger partial charge is 0.243 e. The molecule has 7 nitrogen and oxygen atoms in total. The number of hydrogen-bond acceptors (Lipinski definition) is 6. The van der Waals surface area contributed by atoms with E-state index in [1.165, 1.54) is 14.7 Å². The van der Waals surface area contributed by atoms with Crippen LogP contribution < -0.4 is 4.74 Å². The molecule has 0 radical (unpaired) electrons. The summed E-state index contributed by atoms with van der Waals surface area (Å²) in [6.45, 7) is 7.57. The number of amides is 1. The Kier molecular flexibility index (Phi) is 8.95. The molecule has 1 aromatic heterocycles. The molecule has 1 saturated heterocycles. The van der Waals surface area contributed by atoms with Crippen molar-refractivity contribution in [2.24, 2.45) is 0 Å². The van der Waals surface area contributed by atoms with Crippen molar-refractivity contribution in [3.63, 3.8) is 0 Å². The average Bonchev–Trinajstić information content (AvgIpc) is 3.64.